The fourth-order valence-electron chi connectivity index (χ4n) is 5.98. The molecule has 10 heteroatoms. The highest BCUT2D eigenvalue weighted by Gasteiger charge is 2.28. The minimum Gasteiger partial charge on any atom is -0.444 e. The topological polar surface area (TPSA) is 112 Å². The van der Waals surface area contributed by atoms with E-state index >= 15 is 0 Å². The zero-order valence-corrected chi connectivity index (χ0v) is 25.5. The van der Waals surface area contributed by atoms with Crippen molar-refractivity contribution >= 4 is 29.3 Å². The Morgan fingerprint density at radius 3 is 2.41 bits per heavy atom. The summed E-state index contributed by atoms with van der Waals surface area (Å²) in [7, 11) is 0. The van der Waals surface area contributed by atoms with Crippen LogP contribution in [0.5, 0.6) is 0 Å². The van der Waals surface area contributed by atoms with Gasteiger partial charge < -0.3 is 25.0 Å². The Bertz CT molecular complexity index is 1060. The Labute approximate surface area is 244 Å². The van der Waals surface area contributed by atoms with Gasteiger partial charge in [-0.15, -0.1) is 0 Å². The molecule has 0 radical (unpaired) electrons. The first-order valence-corrected chi connectivity index (χ1v) is 15.2. The molecule has 1 saturated carbocycles. The summed E-state index contributed by atoms with van der Waals surface area (Å²) in [5.41, 5.74) is 2.84. The summed E-state index contributed by atoms with van der Waals surface area (Å²) in [6.07, 6.45) is 5.26. The van der Waals surface area contributed by atoms with Gasteiger partial charge >= 0.3 is 6.09 Å². The number of aryl methyl sites for hydroxylation is 1. The number of nitrogens with zero attached hydrogens (tertiary/aromatic N) is 2. The Balaban J connectivity index is 1.13. The van der Waals surface area contributed by atoms with Crippen LogP contribution in [0.25, 0.3) is 0 Å². The molecule has 0 spiro atoms. The van der Waals surface area contributed by atoms with Crippen molar-refractivity contribution in [2.45, 2.75) is 96.9 Å². The van der Waals surface area contributed by atoms with E-state index in [2.05, 4.69) is 44.8 Å². The van der Waals surface area contributed by atoms with Crippen LogP contribution < -0.4 is 20.9 Å². The standard InChI is InChI=1S/C31H49N5O5/c1-21-18-24(33-26-11-13-28(37)34-29(26)38)8-12-27(21)36-16-14-35(15-17-36)19-23-6-9-25(10-7-23)40-20-22(2)32-30(39)41-31(3,4)5/h8,12,18,22-23,25-26,33H,6-7,9-11,13-17,19-20H2,1-5H3,(H,32,39)(H,34,37,38). The molecule has 1 aromatic rings. The average Bonchev–Trinajstić information content (AvgIpc) is 2.89. The largest absolute Gasteiger partial charge is 0.444 e. The first-order chi connectivity index (χ1) is 19.4. The maximum Gasteiger partial charge on any atom is 0.407 e. The number of anilines is 2. The van der Waals surface area contributed by atoms with E-state index in [1.807, 2.05) is 33.8 Å². The number of benzene rings is 1. The lowest BCUT2D eigenvalue weighted by Crippen LogP contribution is -2.48. The summed E-state index contributed by atoms with van der Waals surface area (Å²) in [4.78, 5) is 40.5. The SMILES string of the molecule is Cc1cc(NC2CCC(=O)NC2=O)ccc1N1CCN(CC2CCC(OCC(C)NC(=O)OC(C)(C)C)CC2)CC1. The van der Waals surface area contributed by atoms with Gasteiger partial charge in [-0.25, -0.2) is 4.79 Å². The quantitative estimate of drug-likeness (QED) is 0.384. The van der Waals surface area contributed by atoms with Crippen molar-refractivity contribution < 1.29 is 23.9 Å². The van der Waals surface area contributed by atoms with Crippen LogP contribution in [0.3, 0.4) is 0 Å². The summed E-state index contributed by atoms with van der Waals surface area (Å²) in [6, 6.07) is 5.82. The van der Waals surface area contributed by atoms with Gasteiger partial charge in [-0.3, -0.25) is 19.8 Å². The second-order valence-corrected chi connectivity index (χ2v) is 13.0. The molecule has 41 heavy (non-hydrogen) atoms. The fraction of sp³-hybridized carbons (Fsp3) is 0.710. The molecule has 2 saturated heterocycles. The summed E-state index contributed by atoms with van der Waals surface area (Å²) in [5.74, 6) is 0.261. The van der Waals surface area contributed by atoms with E-state index in [0.29, 0.717) is 25.4 Å². The van der Waals surface area contributed by atoms with E-state index in [0.717, 1.165) is 51.3 Å². The number of piperidine rings is 1. The van der Waals surface area contributed by atoms with Gasteiger partial charge in [0.25, 0.3) is 0 Å². The van der Waals surface area contributed by atoms with Crippen molar-refractivity contribution in [3.63, 3.8) is 0 Å². The number of imide groups is 1. The van der Waals surface area contributed by atoms with E-state index in [4.69, 9.17) is 9.47 Å². The Morgan fingerprint density at radius 1 is 1.07 bits per heavy atom. The lowest BCUT2D eigenvalue weighted by molar-refractivity contribution is -0.133. The number of piperazine rings is 1. The molecule has 3 amide bonds. The maximum absolute atomic E-state index is 12.1. The second kappa shape index (κ2) is 13.9. The second-order valence-electron chi connectivity index (χ2n) is 13.0. The number of carbonyl (C=O) groups is 3. The highest BCUT2D eigenvalue weighted by Crippen LogP contribution is 2.29. The van der Waals surface area contributed by atoms with Crippen LogP contribution in [-0.4, -0.2) is 85.9 Å². The Kier molecular flexibility index (Phi) is 10.5. The van der Waals surface area contributed by atoms with Crippen LogP contribution in [-0.2, 0) is 19.1 Å². The first kappa shape index (κ1) is 31.1. The van der Waals surface area contributed by atoms with Gasteiger partial charge in [-0.2, -0.15) is 0 Å². The lowest BCUT2D eigenvalue weighted by Gasteiger charge is -2.39. The summed E-state index contributed by atoms with van der Waals surface area (Å²) < 4.78 is 11.4. The maximum atomic E-state index is 12.1. The molecule has 2 unspecified atom stereocenters. The van der Waals surface area contributed by atoms with Crippen molar-refractivity contribution in [2.24, 2.45) is 5.92 Å². The molecule has 3 fully saturated rings. The van der Waals surface area contributed by atoms with Crippen molar-refractivity contribution in [2.75, 3.05) is 49.5 Å². The van der Waals surface area contributed by atoms with Crippen molar-refractivity contribution in [3.05, 3.63) is 23.8 Å². The molecule has 3 aliphatic rings. The normalized spacial score (nSPS) is 24.9. The minimum absolute atomic E-state index is 0.0830. The molecular formula is C31H49N5O5. The number of hydrogen-bond acceptors (Lipinski definition) is 8. The molecule has 2 heterocycles. The van der Waals surface area contributed by atoms with Gasteiger partial charge in [0.05, 0.1) is 18.8 Å². The Morgan fingerprint density at radius 2 is 1.78 bits per heavy atom. The van der Waals surface area contributed by atoms with Crippen molar-refractivity contribution in [3.8, 4) is 0 Å². The number of ether oxygens (including phenoxy) is 2. The molecule has 1 aromatic carbocycles. The van der Waals surface area contributed by atoms with Crippen LogP contribution in [0, 0.1) is 12.8 Å². The van der Waals surface area contributed by atoms with Crippen LogP contribution in [0.15, 0.2) is 18.2 Å². The summed E-state index contributed by atoms with van der Waals surface area (Å²) >= 11 is 0. The van der Waals surface area contributed by atoms with E-state index in [1.54, 1.807) is 0 Å². The van der Waals surface area contributed by atoms with E-state index in [9.17, 15) is 14.4 Å². The van der Waals surface area contributed by atoms with Crippen LogP contribution in [0.1, 0.15) is 71.8 Å². The third-order valence-corrected chi connectivity index (χ3v) is 8.15. The molecule has 0 bridgehead atoms. The van der Waals surface area contributed by atoms with Gasteiger partial charge in [-0.1, -0.05) is 0 Å². The highest BCUT2D eigenvalue weighted by atomic mass is 16.6. The molecule has 2 atom stereocenters. The van der Waals surface area contributed by atoms with Gasteiger partial charge in [0.15, 0.2) is 0 Å². The molecule has 10 nitrogen and oxygen atoms in total. The highest BCUT2D eigenvalue weighted by molar-refractivity contribution is 6.01. The number of carbonyl (C=O) groups excluding carboxylic acids is 3. The Hall–Kier alpha value is -2.85. The molecular weight excluding hydrogens is 522 g/mol. The van der Waals surface area contributed by atoms with Gasteiger partial charge in [0, 0.05) is 50.5 Å². The fourth-order valence-corrected chi connectivity index (χ4v) is 5.98. The minimum atomic E-state index is -0.501. The van der Waals surface area contributed by atoms with Crippen molar-refractivity contribution in [1.29, 1.82) is 0 Å². The van der Waals surface area contributed by atoms with Crippen LogP contribution in [0.4, 0.5) is 16.2 Å². The molecule has 0 aromatic heterocycles. The zero-order valence-electron chi connectivity index (χ0n) is 25.5. The molecule has 228 valence electrons. The van der Waals surface area contributed by atoms with E-state index in [-0.39, 0.29) is 30.0 Å². The van der Waals surface area contributed by atoms with Gasteiger partial charge in [0.2, 0.25) is 11.8 Å². The molecule has 3 N–H and O–H groups in total. The zero-order chi connectivity index (χ0) is 29.6. The number of hydrogen-bond donors (Lipinski definition) is 3. The predicted octanol–water partition coefficient (Wildman–Crippen LogP) is 3.82. The lowest BCUT2D eigenvalue weighted by atomic mass is 9.87. The van der Waals surface area contributed by atoms with Crippen LogP contribution in [0.2, 0.25) is 0 Å². The number of rotatable bonds is 9. The average molecular weight is 572 g/mol. The third kappa shape index (κ3) is 9.60. The summed E-state index contributed by atoms with van der Waals surface area (Å²) in [5, 5.41) is 8.55. The van der Waals surface area contributed by atoms with E-state index < -0.39 is 11.7 Å². The van der Waals surface area contributed by atoms with E-state index in [1.165, 1.54) is 24.1 Å². The monoisotopic (exact) mass is 571 g/mol. The van der Waals surface area contributed by atoms with Gasteiger partial charge in [-0.05, 0) is 96.4 Å². The first-order valence-electron chi connectivity index (χ1n) is 15.2. The third-order valence-electron chi connectivity index (χ3n) is 8.15. The number of alkyl carbamates (subject to hydrolysis) is 1. The number of nitrogens with one attached hydrogen (secondary N) is 3. The van der Waals surface area contributed by atoms with Gasteiger partial charge in [0.1, 0.15) is 11.6 Å². The molecule has 1 aliphatic carbocycles. The number of amides is 3. The summed E-state index contributed by atoms with van der Waals surface area (Å²) in [6.45, 7) is 15.4. The smallest absolute Gasteiger partial charge is 0.407 e. The van der Waals surface area contributed by atoms with Crippen molar-refractivity contribution in [1.82, 2.24) is 15.5 Å². The van der Waals surface area contributed by atoms with Crippen LogP contribution >= 0.6 is 0 Å². The molecule has 4 rings (SSSR count). The molecule has 2 aliphatic heterocycles. The predicted molar refractivity (Wildman–Crippen MR) is 160 cm³/mol.